The summed E-state index contributed by atoms with van der Waals surface area (Å²) in [5.74, 6) is -2.77. The molecule has 0 saturated heterocycles. The molecule has 0 spiro atoms. The fourth-order valence-corrected chi connectivity index (χ4v) is 3.74. The van der Waals surface area contributed by atoms with Gasteiger partial charge in [0.1, 0.15) is 6.10 Å². The van der Waals surface area contributed by atoms with E-state index >= 15 is 0 Å². The van der Waals surface area contributed by atoms with Gasteiger partial charge in [-0.2, -0.15) is 0 Å². The van der Waals surface area contributed by atoms with Crippen LogP contribution in [0, 0.1) is 0 Å². The molecule has 11 nitrogen and oxygen atoms in total. The monoisotopic (exact) mass is 471 g/mol. The maximum atomic E-state index is 11.6. The van der Waals surface area contributed by atoms with Gasteiger partial charge in [-0.05, 0) is 50.8 Å². The third-order valence-electron chi connectivity index (χ3n) is 4.80. The number of rotatable bonds is 8. The molecular weight excluding hydrogens is 442 g/mol. The van der Waals surface area contributed by atoms with Gasteiger partial charge in [0.05, 0.1) is 12.4 Å². The van der Waals surface area contributed by atoms with Crippen LogP contribution in [0.3, 0.4) is 0 Å². The summed E-state index contributed by atoms with van der Waals surface area (Å²) in [5.41, 5.74) is 3.07. The first kappa shape index (κ1) is 25.6. The number of carbonyl (C=O) groups excluding carboxylic acids is 1. The highest BCUT2D eigenvalue weighted by Crippen LogP contribution is 2.22. The number of esters is 1. The Bertz CT molecular complexity index is 1080. The predicted molar refractivity (Wildman–Crippen MR) is 117 cm³/mol. The highest BCUT2D eigenvalue weighted by Gasteiger charge is 2.38. The summed E-state index contributed by atoms with van der Waals surface area (Å²) in [6, 6.07) is 5.75. The van der Waals surface area contributed by atoms with Crippen LogP contribution < -0.4 is 4.72 Å². The number of fused-ring (bicyclic) bond motifs is 1. The van der Waals surface area contributed by atoms with Crippen molar-refractivity contribution in [2.45, 2.75) is 24.4 Å². The van der Waals surface area contributed by atoms with E-state index in [1.54, 1.807) is 0 Å². The molecule has 1 aliphatic heterocycles. The van der Waals surface area contributed by atoms with Gasteiger partial charge in [0.25, 0.3) is 0 Å². The molecule has 0 aliphatic carbocycles. The number of cyclic esters (lactones) is 1. The molecule has 32 heavy (non-hydrogen) atoms. The molecule has 0 radical (unpaired) electrons. The van der Waals surface area contributed by atoms with Crippen LogP contribution in [0.25, 0.3) is 10.9 Å². The molecular formula is C20H29N3O8S. The Balaban J connectivity index is 0.000000258. The summed E-state index contributed by atoms with van der Waals surface area (Å²) in [4.78, 5) is 15.9. The number of hydrogen-bond acceptors (Lipinski definition) is 9. The van der Waals surface area contributed by atoms with Gasteiger partial charge in [-0.15, -0.1) is 0 Å². The lowest BCUT2D eigenvalue weighted by atomic mass is 10.1. The third-order valence-corrected chi connectivity index (χ3v) is 6.14. The largest absolute Gasteiger partial charge is 0.505 e. The van der Waals surface area contributed by atoms with E-state index in [4.69, 9.17) is 20.4 Å². The first-order valence-electron chi connectivity index (χ1n) is 9.76. The van der Waals surface area contributed by atoms with E-state index < -0.39 is 46.3 Å². The van der Waals surface area contributed by atoms with Crippen LogP contribution in [0.1, 0.15) is 11.1 Å². The summed E-state index contributed by atoms with van der Waals surface area (Å²) in [6.07, 6.45) is 0.167. The van der Waals surface area contributed by atoms with Gasteiger partial charge in [0.15, 0.2) is 11.9 Å². The van der Waals surface area contributed by atoms with E-state index in [0.717, 1.165) is 29.4 Å². The number of likely N-dealkylation sites (N-methyl/N-ethyl adjacent to an activating group) is 1. The number of aliphatic hydroxyl groups is 4. The zero-order chi connectivity index (χ0) is 24.1. The second kappa shape index (κ2) is 10.8. The molecule has 0 fully saturated rings. The van der Waals surface area contributed by atoms with Crippen molar-refractivity contribution in [2.24, 2.45) is 0 Å². The Morgan fingerprint density at radius 2 is 1.97 bits per heavy atom. The number of aromatic amines is 1. The van der Waals surface area contributed by atoms with Crippen molar-refractivity contribution >= 4 is 26.9 Å². The Morgan fingerprint density at radius 3 is 2.50 bits per heavy atom. The van der Waals surface area contributed by atoms with Crippen molar-refractivity contribution in [3.63, 3.8) is 0 Å². The molecule has 12 heteroatoms. The van der Waals surface area contributed by atoms with E-state index in [0.29, 0.717) is 0 Å². The van der Waals surface area contributed by atoms with E-state index in [1.807, 2.05) is 38.5 Å². The van der Waals surface area contributed by atoms with Crippen LogP contribution >= 0.6 is 0 Å². The molecule has 0 bridgehead atoms. The minimum Gasteiger partial charge on any atom is -0.505 e. The molecule has 0 unspecified atom stereocenters. The molecule has 1 aliphatic rings. The number of nitrogens with one attached hydrogen (secondary N) is 2. The maximum absolute atomic E-state index is 11.6. The first-order chi connectivity index (χ1) is 15.0. The lowest BCUT2D eigenvalue weighted by Gasteiger charge is -2.13. The third kappa shape index (κ3) is 6.43. The topological polar surface area (TPSA) is 172 Å². The van der Waals surface area contributed by atoms with Crippen LogP contribution in [-0.4, -0.2) is 91.2 Å². The van der Waals surface area contributed by atoms with E-state index in [2.05, 4.69) is 19.3 Å². The molecule has 178 valence electrons. The number of aliphatic hydroxyl groups excluding tert-OH is 4. The van der Waals surface area contributed by atoms with Crippen LogP contribution in [0.2, 0.25) is 0 Å². The number of benzene rings is 1. The van der Waals surface area contributed by atoms with Gasteiger partial charge in [0, 0.05) is 23.6 Å². The van der Waals surface area contributed by atoms with Crippen LogP contribution in [-0.2, 0) is 31.7 Å². The quantitative estimate of drug-likeness (QED) is 0.288. The standard InChI is InChI=1S/C14H21N3O2S.C6H8O6/c1-15-20(18,19)10-11-4-5-14-13(8-11)12(9-16-14)6-7-17(2)3;7-1-2(8)5-3(9)4(10)6(11)12-5/h4-5,8-9,15-16H,6-7,10H2,1-3H3;2,5,7-10H,1H2/t;2-,5+/m.0/s1. The molecule has 3 rings (SSSR count). The minimum atomic E-state index is -3.23. The number of carbonyl (C=O) groups is 1. The summed E-state index contributed by atoms with van der Waals surface area (Å²) in [6.45, 7) is 0.293. The van der Waals surface area contributed by atoms with E-state index in [-0.39, 0.29) is 5.75 Å². The van der Waals surface area contributed by atoms with Gasteiger partial charge in [0.2, 0.25) is 15.8 Å². The molecule has 2 heterocycles. The average Bonchev–Trinajstić information content (AvgIpc) is 3.27. The van der Waals surface area contributed by atoms with Gasteiger partial charge in [-0.3, -0.25) is 0 Å². The normalized spacial score (nSPS) is 17.4. The summed E-state index contributed by atoms with van der Waals surface area (Å²) >= 11 is 0. The van der Waals surface area contributed by atoms with Crippen LogP contribution in [0.5, 0.6) is 0 Å². The van der Waals surface area contributed by atoms with E-state index in [1.165, 1.54) is 12.6 Å². The highest BCUT2D eigenvalue weighted by molar-refractivity contribution is 7.88. The predicted octanol–water partition coefficient (Wildman–Crippen LogP) is -0.0862. The van der Waals surface area contributed by atoms with E-state index in [9.17, 15) is 13.2 Å². The van der Waals surface area contributed by atoms with Crippen LogP contribution in [0.4, 0.5) is 0 Å². The van der Waals surface area contributed by atoms with Crippen molar-refractivity contribution in [3.8, 4) is 0 Å². The second-order valence-electron chi connectivity index (χ2n) is 7.52. The molecule has 2 atom stereocenters. The second-order valence-corrected chi connectivity index (χ2v) is 9.45. The molecule has 2 aromatic rings. The fourth-order valence-electron chi connectivity index (χ4n) is 2.98. The van der Waals surface area contributed by atoms with Crippen molar-refractivity contribution in [2.75, 3.05) is 34.3 Å². The lowest BCUT2D eigenvalue weighted by molar-refractivity contribution is -0.147. The minimum absolute atomic E-state index is 0.0116. The van der Waals surface area contributed by atoms with Gasteiger partial charge in [-0.1, -0.05) is 6.07 Å². The smallest absolute Gasteiger partial charge is 0.377 e. The summed E-state index contributed by atoms with van der Waals surface area (Å²) in [7, 11) is 2.29. The number of sulfonamides is 1. The van der Waals surface area contributed by atoms with Gasteiger partial charge >= 0.3 is 5.97 Å². The fraction of sp³-hybridized carbons (Fsp3) is 0.450. The summed E-state index contributed by atoms with van der Waals surface area (Å²) < 4.78 is 29.9. The zero-order valence-corrected chi connectivity index (χ0v) is 18.9. The first-order valence-corrected chi connectivity index (χ1v) is 11.4. The summed E-state index contributed by atoms with van der Waals surface area (Å²) in [5, 5.41) is 36.2. The molecule has 1 aromatic heterocycles. The Hall–Kier alpha value is -2.64. The highest BCUT2D eigenvalue weighted by atomic mass is 32.2. The maximum Gasteiger partial charge on any atom is 0.377 e. The number of nitrogens with zero attached hydrogens (tertiary/aromatic N) is 1. The van der Waals surface area contributed by atoms with Crippen molar-refractivity contribution in [1.29, 1.82) is 0 Å². The van der Waals surface area contributed by atoms with Crippen molar-refractivity contribution in [1.82, 2.24) is 14.6 Å². The number of hydrogen-bond donors (Lipinski definition) is 6. The van der Waals surface area contributed by atoms with Crippen LogP contribution in [0.15, 0.2) is 35.9 Å². The van der Waals surface area contributed by atoms with Crippen molar-refractivity contribution in [3.05, 3.63) is 47.0 Å². The zero-order valence-electron chi connectivity index (χ0n) is 18.1. The SMILES string of the molecule is CNS(=O)(=O)Cc1ccc2[nH]cc(CCN(C)C)c2c1.O=C1O[C@H]([C@@H](O)CO)C(O)=C1O. The molecule has 0 saturated carbocycles. The Labute approximate surface area is 186 Å². The Kier molecular flexibility index (Phi) is 8.64. The number of aromatic nitrogens is 1. The molecule has 0 amide bonds. The lowest BCUT2D eigenvalue weighted by Crippen LogP contribution is -2.31. The molecule has 1 aromatic carbocycles. The van der Waals surface area contributed by atoms with Gasteiger partial charge in [-0.25, -0.2) is 17.9 Å². The number of ether oxygens (including phenoxy) is 1. The van der Waals surface area contributed by atoms with Crippen molar-refractivity contribution < 1.29 is 38.4 Å². The molecule has 6 N–H and O–H groups in total. The average molecular weight is 472 g/mol. The Morgan fingerprint density at radius 1 is 1.28 bits per heavy atom. The van der Waals surface area contributed by atoms with Gasteiger partial charge < -0.3 is 35.0 Å². The number of H-pyrrole nitrogens is 1.